The number of sulfonamides is 1. The van der Waals surface area contributed by atoms with Crippen LogP contribution in [0.2, 0.25) is 0 Å². The van der Waals surface area contributed by atoms with Crippen LogP contribution in [0.15, 0.2) is 48.5 Å². The van der Waals surface area contributed by atoms with Crippen LogP contribution < -0.4 is 19.1 Å². The van der Waals surface area contributed by atoms with Crippen LogP contribution in [0, 0.1) is 0 Å². The van der Waals surface area contributed by atoms with Crippen LogP contribution in [-0.2, 0) is 21.4 Å². The van der Waals surface area contributed by atoms with Crippen molar-refractivity contribution in [2.24, 2.45) is 0 Å². The summed E-state index contributed by atoms with van der Waals surface area (Å²) in [5, 5.41) is 2.74. The molecule has 0 heterocycles. The second kappa shape index (κ2) is 9.98. The number of benzene rings is 2. The zero-order chi connectivity index (χ0) is 20.6. The molecule has 2 aromatic carbocycles. The maximum Gasteiger partial charge on any atom is 0.241 e. The first kappa shape index (κ1) is 21.6. The molecule has 0 radical (unpaired) electrons. The van der Waals surface area contributed by atoms with Gasteiger partial charge < -0.3 is 14.8 Å². The number of nitrogens with one attached hydrogen (secondary N) is 1. The summed E-state index contributed by atoms with van der Waals surface area (Å²) in [6.45, 7) is 2.51. The van der Waals surface area contributed by atoms with Gasteiger partial charge in [-0.15, -0.1) is 0 Å². The molecule has 2 aromatic rings. The van der Waals surface area contributed by atoms with Crippen molar-refractivity contribution in [3.8, 4) is 11.5 Å². The molecule has 0 spiro atoms. The summed E-state index contributed by atoms with van der Waals surface area (Å²) in [5.74, 6) is 0.896. The molecule has 0 fully saturated rings. The Morgan fingerprint density at radius 3 is 2.39 bits per heavy atom. The molecule has 1 amide bonds. The first-order chi connectivity index (χ1) is 13.3. The zero-order valence-electron chi connectivity index (χ0n) is 16.3. The summed E-state index contributed by atoms with van der Waals surface area (Å²) in [6.07, 6.45) is 1.95. The minimum atomic E-state index is -3.63. The normalized spacial score (nSPS) is 11.0. The third-order valence-corrected chi connectivity index (χ3v) is 5.09. The molecule has 0 saturated carbocycles. The molecule has 2 rings (SSSR count). The van der Waals surface area contributed by atoms with Crippen molar-refractivity contribution in [2.75, 3.05) is 30.8 Å². The van der Waals surface area contributed by atoms with E-state index in [4.69, 9.17) is 9.47 Å². The van der Waals surface area contributed by atoms with Crippen molar-refractivity contribution in [2.45, 2.75) is 19.9 Å². The zero-order valence-corrected chi connectivity index (χ0v) is 17.2. The van der Waals surface area contributed by atoms with Gasteiger partial charge in [0.1, 0.15) is 18.0 Å². The standard InChI is InChI=1S/C20H26N2O5S/c1-4-13-27-18-11-9-17(10-12-18)22(28(3,24)25)15-20(23)21-14-16-7-5-6-8-19(16)26-2/h5-12H,4,13-15H2,1-3H3,(H,21,23). The van der Waals surface area contributed by atoms with Crippen molar-refractivity contribution in [3.05, 3.63) is 54.1 Å². The number of rotatable bonds is 10. The molecule has 0 bridgehead atoms. The van der Waals surface area contributed by atoms with Gasteiger partial charge in [-0.3, -0.25) is 9.10 Å². The molecule has 8 heteroatoms. The maximum atomic E-state index is 12.4. The van der Waals surface area contributed by atoms with Crippen LogP contribution in [0.5, 0.6) is 11.5 Å². The van der Waals surface area contributed by atoms with E-state index >= 15 is 0 Å². The fourth-order valence-electron chi connectivity index (χ4n) is 2.56. The Hall–Kier alpha value is -2.74. The molecule has 152 valence electrons. The number of carbonyl (C=O) groups is 1. The number of nitrogens with zero attached hydrogens (tertiary/aromatic N) is 1. The summed E-state index contributed by atoms with van der Waals surface area (Å²) < 4.78 is 36.2. The number of ether oxygens (including phenoxy) is 2. The minimum absolute atomic E-state index is 0.240. The van der Waals surface area contributed by atoms with E-state index in [1.807, 2.05) is 25.1 Å². The van der Waals surface area contributed by atoms with Gasteiger partial charge in [0.05, 0.1) is 25.7 Å². The molecule has 28 heavy (non-hydrogen) atoms. The second-order valence-corrected chi connectivity index (χ2v) is 8.11. The average molecular weight is 407 g/mol. The second-order valence-electron chi connectivity index (χ2n) is 6.20. The lowest BCUT2D eigenvalue weighted by Crippen LogP contribution is -2.40. The van der Waals surface area contributed by atoms with Crippen LogP contribution >= 0.6 is 0 Å². The van der Waals surface area contributed by atoms with Crippen LogP contribution in [-0.4, -0.2) is 40.8 Å². The van der Waals surface area contributed by atoms with Gasteiger partial charge in [0.15, 0.2) is 0 Å². The van der Waals surface area contributed by atoms with E-state index < -0.39 is 15.9 Å². The highest BCUT2D eigenvalue weighted by atomic mass is 32.2. The maximum absolute atomic E-state index is 12.4. The molecule has 7 nitrogen and oxygen atoms in total. The summed E-state index contributed by atoms with van der Waals surface area (Å²) in [6, 6.07) is 13.9. The first-order valence-corrected chi connectivity index (χ1v) is 10.8. The van der Waals surface area contributed by atoms with E-state index in [2.05, 4.69) is 5.32 Å². The quantitative estimate of drug-likeness (QED) is 0.656. The molecule has 0 aliphatic rings. The van der Waals surface area contributed by atoms with Crippen molar-refractivity contribution >= 4 is 21.6 Å². The summed E-state index contributed by atoms with van der Waals surface area (Å²) in [7, 11) is -2.08. The SMILES string of the molecule is CCCOc1ccc(N(CC(=O)NCc2ccccc2OC)S(C)(=O)=O)cc1. The highest BCUT2D eigenvalue weighted by molar-refractivity contribution is 7.92. The van der Waals surface area contributed by atoms with Crippen molar-refractivity contribution in [3.63, 3.8) is 0 Å². The smallest absolute Gasteiger partial charge is 0.241 e. The molecule has 0 unspecified atom stereocenters. The molecule has 0 aliphatic carbocycles. The average Bonchev–Trinajstić information content (AvgIpc) is 2.68. The topological polar surface area (TPSA) is 84.9 Å². The van der Waals surface area contributed by atoms with Crippen LogP contribution in [0.1, 0.15) is 18.9 Å². The van der Waals surface area contributed by atoms with Gasteiger partial charge in [0, 0.05) is 12.1 Å². The number of carbonyl (C=O) groups excluding carboxylic acids is 1. The van der Waals surface area contributed by atoms with Crippen molar-refractivity contribution < 1.29 is 22.7 Å². The van der Waals surface area contributed by atoms with Gasteiger partial charge in [-0.2, -0.15) is 0 Å². The van der Waals surface area contributed by atoms with E-state index in [0.29, 0.717) is 23.8 Å². The Labute approximate surface area is 166 Å². The third-order valence-electron chi connectivity index (χ3n) is 3.95. The first-order valence-electron chi connectivity index (χ1n) is 8.94. The van der Waals surface area contributed by atoms with Crippen molar-refractivity contribution in [1.82, 2.24) is 5.32 Å². The minimum Gasteiger partial charge on any atom is -0.496 e. The molecule has 0 saturated heterocycles. The summed E-state index contributed by atoms with van der Waals surface area (Å²) in [5.41, 5.74) is 1.21. The number of anilines is 1. The Bertz CT molecular complexity index is 882. The van der Waals surface area contributed by atoms with Crippen LogP contribution in [0.25, 0.3) is 0 Å². The highest BCUT2D eigenvalue weighted by Crippen LogP contribution is 2.22. The predicted molar refractivity (Wildman–Crippen MR) is 109 cm³/mol. The number of hydrogen-bond donors (Lipinski definition) is 1. The van der Waals surface area contributed by atoms with Gasteiger partial charge in [-0.25, -0.2) is 8.42 Å². The molecular formula is C20H26N2O5S. The van der Waals surface area contributed by atoms with Crippen LogP contribution in [0.3, 0.4) is 0 Å². The van der Waals surface area contributed by atoms with E-state index in [1.165, 1.54) is 0 Å². The summed E-state index contributed by atoms with van der Waals surface area (Å²) in [4.78, 5) is 12.4. The van der Waals surface area contributed by atoms with E-state index in [9.17, 15) is 13.2 Å². The highest BCUT2D eigenvalue weighted by Gasteiger charge is 2.21. The number of hydrogen-bond acceptors (Lipinski definition) is 5. The van der Waals surface area contributed by atoms with Gasteiger partial charge in [0.25, 0.3) is 0 Å². The fourth-order valence-corrected chi connectivity index (χ4v) is 3.41. The molecule has 0 aliphatic heterocycles. The Morgan fingerprint density at radius 1 is 1.11 bits per heavy atom. The van der Waals surface area contributed by atoms with Crippen LogP contribution in [0.4, 0.5) is 5.69 Å². The lowest BCUT2D eigenvalue weighted by Gasteiger charge is -2.22. The Morgan fingerprint density at radius 2 is 1.79 bits per heavy atom. The lowest BCUT2D eigenvalue weighted by molar-refractivity contribution is -0.119. The summed E-state index contributed by atoms with van der Waals surface area (Å²) >= 11 is 0. The molecular weight excluding hydrogens is 380 g/mol. The monoisotopic (exact) mass is 406 g/mol. The van der Waals surface area contributed by atoms with Gasteiger partial charge >= 0.3 is 0 Å². The van der Waals surface area contributed by atoms with E-state index in [-0.39, 0.29) is 13.1 Å². The van der Waals surface area contributed by atoms with Gasteiger partial charge in [-0.1, -0.05) is 25.1 Å². The lowest BCUT2D eigenvalue weighted by atomic mass is 10.2. The number of methoxy groups -OCH3 is 1. The Kier molecular flexibility index (Phi) is 7.69. The van der Waals surface area contributed by atoms with Crippen molar-refractivity contribution in [1.29, 1.82) is 0 Å². The van der Waals surface area contributed by atoms with E-state index in [0.717, 1.165) is 22.5 Å². The molecule has 0 aromatic heterocycles. The van der Waals surface area contributed by atoms with Gasteiger partial charge in [0.2, 0.25) is 15.9 Å². The molecule has 1 N–H and O–H groups in total. The van der Waals surface area contributed by atoms with E-state index in [1.54, 1.807) is 37.4 Å². The van der Waals surface area contributed by atoms with Gasteiger partial charge in [-0.05, 0) is 36.8 Å². The largest absolute Gasteiger partial charge is 0.496 e. The third kappa shape index (κ3) is 6.16. The predicted octanol–water partition coefficient (Wildman–Crippen LogP) is 2.57. The molecule has 0 atom stereocenters. The fraction of sp³-hybridized carbons (Fsp3) is 0.350. The number of amides is 1. The number of para-hydroxylation sites is 1. The Balaban J connectivity index is 2.06.